The summed E-state index contributed by atoms with van der Waals surface area (Å²) in [6, 6.07) is 36.8. The lowest BCUT2D eigenvalue weighted by molar-refractivity contribution is 1.05. The first-order chi connectivity index (χ1) is 26.8. The molecule has 0 aliphatic heterocycles. The molecule has 54 heavy (non-hydrogen) atoms. The van der Waals surface area contributed by atoms with E-state index in [1.165, 1.54) is 33.4 Å². The van der Waals surface area contributed by atoms with Crippen LogP contribution in [0.25, 0.3) is 0 Å². The van der Waals surface area contributed by atoms with Crippen molar-refractivity contribution in [2.75, 3.05) is 0 Å². The van der Waals surface area contributed by atoms with Gasteiger partial charge in [-0.25, -0.2) is 29.9 Å². The van der Waals surface area contributed by atoms with Gasteiger partial charge in [-0.1, -0.05) is 36.4 Å². The molecule has 1 aromatic carbocycles. The Morgan fingerprint density at radius 2 is 0.407 bits per heavy atom. The molecule has 0 bridgehead atoms. The van der Waals surface area contributed by atoms with Crippen LogP contribution in [-0.4, -0.2) is 29.9 Å². The molecule has 0 amide bonds. The molecule has 0 N–H and O–H groups in total. The number of thioether (sulfide) groups is 6. The van der Waals surface area contributed by atoms with Crippen LogP contribution in [-0.2, 0) is 34.5 Å². The maximum Gasteiger partial charge on any atom is 0.0963 e. The summed E-state index contributed by atoms with van der Waals surface area (Å²) in [5, 5.41) is 6.04. The van der Waals surface area contributed by atoms with Crippen LogP contribution in [0.4, 0.5) is 0 Å². The fourth-order valence-electron chi connectivity index (χ4n) is 5.61. The van der Waals surface area contributed by atoms with Gasteiger partial charge in [0.2, 0.25) is 0 Å². The average Bonchev–Trinajstić information content (AvgIpc) is 3.24. The van der Waals surface area contributed by atoms with E-state index in [1.54, 1.807) is 70.6 Å². The molecule has 0 saturated heterocycles. The SMILES string of the molecule is c1ccc(SCc2c(CSc3ccccn3)c(CSc3ccccn3)c(CSc3ccccn3)c(CSc3ccccn3)c2CSc2ccccn2)nc1. The molecule has 6 heterocycles. The molecule has 6 aromatic heterocycles. The Morgan fingerprint density at radius 1 is 0.241 bits per heavy atom. The Kier molecular flexibility index (Phi) is 14.8. The number of aromatic nitrogens is 6. The third kappa shape index (κ3) is 11.1. The molecular weight excluding hydrogens is 781 g/mol. The molecule has 7 rings (SSSR count). The molecule has 0 radical (unpaired) electrons. The quantitative estimate of drug-likeness (QED) is 0.0774. The van der Waals surface area contributed by atoms with E-state index in [1.807, 2.05) is 73.6 Å². The average molecular weight is 817 g/mol. The van der Waals surface area contributed by atoms with Crippen LogP contribution in [0.1, 0.15) is 33.4 Å². The number of nitrogens with zero attached hydrogens (tertiary/aromatic N) is 6. The molecule has 270 valence electrons. The molecule has 7 aromatic rings. The van der Waals surface area contributed by atoms with E-state index in [2.05, 4.69) is 72.8 Å². The zero-order valence-electron chi connectivity index (χ0n) is 29.2. The maximum absolute atomic E-state index is 4.72. The molecule has 0 atom stereocenters. The maximum atomic E-state index is 4.72. The standard InChI is InChI=1S/C42H36N6S6/c1-7-19-43-37(13-1)49-25-31-32(26-50-38-14-2-8-20-44-38)34(28-52-40-16-4-10-22-46-40)36(30-54-42-18-6-12-24-48-42)35(29-53-41-17-5-11-23-47-41)33(31)27-51-39-15-3-9-21-45-39/h1-24H,25-30H2. The van der Waals surface area contributed by atoms with Crippen molar-refractivity contribution in [2.24, 2.45) is 0 Å². The summed E-state index contributed by atoms with van der Waals surface area (Å²) in [7, 11) is 0. The fraction of sp³-hybridized carbons (Fsp3) is 0.143. The van der Waals surface area contributed by atoms with E-state index in [0.29, 0.717) is 0 Å². The van der Waals surface area contributed by atoms with Crippen molar-refractivity contribution < 1.29 is 0 Å². The molecule has 0 spiro atoms. The summed E-state index contributed by atoms with van der Waals surface area (Å²) in [5.74, 6) is 4.69. The lowest BCUT2D eigenvalue weighted by Crippen LogP contribution is -2.12. The Morgan fingerprint density at radius 3 is 0.537 bits per heavy atom. The van der Waals surface area contributed by atoms with Gasteiger partial charge in [0.25, 0.3) is 0 Å². The van der Waals surface area contributed by atoms with E-state index in [0.717, 1.165) is 64.7 Å². The van der Waals surface area contributed by atoms with Gasteiger partial charge in [-0.15, -0.1) is 70.6 Å². The Bertz CT molecular complexity index is 1740. The monoisotopic (exact) mass is 816 g/mol. The third-order valence-corrected chi connectivity index (χ3v) is 14.0. The van der Waals surface area contributed by atoms with Crippen LogP contribution in [0, 0.1) is 0 Å². The molecule has 0 aliphatic carbocycles. The van der Waals surface area contributed by atoms with E-state index >= 15 is 0 Å². The van der Waals surface area contributed by atoms with Crippen molar-refractivity contribution in [1.29, 1.82) is 0 Å². The van der Waals surface area contributed by atoms with E-state index in [4.69, 9.17) is 29.9 Å². The summed E-state index contributed by atoms with van der Waals surface area (Å²) in [6.07, 6.45) is 11.2. The highest BCUT2D eigenvalue weighted by atomic mass is 32.2. The Labute approximate surface area is 342 Å². The second-order valence-electron chi connectivity index (χ2n) is 11.6. The highest BCUT2D eigenvalue weighted by molar-refractivity contribution is 8.00. The van der Waals surface area contributed by atoms with Gasteiger partial charge in [0.05, 0.1) is 30.2 Å². The topological polar surface area (TPSA) is 77.3 Å². The van der Waals surface area contributed by atoms with Crippen LogP contribution in [0.15, 0.2) is 177 Å². The van der Waals surface area contributed by atoms with E-state index < -0.39 is 0 Å². The first-order valence-corrected chi connectivity index (χ1v) is 23.1. The lowest BCUT2D eigenvalue weighted by atomic mass is 9.90. The normalized spacial score (nSPS) is 11.1. The minimum Gasteiger partial charge on any atom is -0.250 e. The van der Waals surface area contributed by atoms with Gasteiger partial charge in [-0.3, -0.25) is 0 Å². The minimum absolute atomic E-state index is 0.781. The first kappa shape index (κ1) is 38.5. The van der Waals surface area contributed by atoms with Crippen molar-refractivity contribution in [1.82, 2.24) is 29.9 Å². The molecule has 0 unspecified atom stereocenters. The fourth-order valence-corrected chi connectivity index (χ4v) is 11.3. The van der Waals surface area contributed by atoms with Crippen molar-refractivity contribution in [3.8, 4) is 0 Å². The largest absolute Gasteiger partial charge is 0.250 e. The van der Waals surface area contributed by atoms with Gasteiger partial charge in [-0.05, 0) is 106 Å². The molecule has 0 aliphatic rings. The zero-order valence-corrected chi connectivity index (χ0v) is 34.1. The van der Waals surface area contributed by atoms with Crippen LogP contribution in [0.2, 0.25) is 0 Å². The van der Waals surface area contributed by atoms with Gasteiger partial charge in [0, 0.05) is 71.7 Å². The zero-order chi connectivity index (χ0) is 36.6. The Hall–Kier alpha value is -3.78. The number of rotatable bonds is 18. The number of hydrogen-bond acceptors (Lipinski definition) is 12. The van der Waals surface area contributed by atoms with Crippen molar-refractivity contribution in [3.63, 3.8) is 0 Å². The van der Waals surface area contributed by atoms with Gasteiger partial charge in [-0.2, -0.15) is 0 Å². The number of hydrogen-bond donors (Lipinski definition) is 0. The highest BCUT2D eigenvalue weighted by Crippen LogP contribution is 2.43. The lowest BCUT2D eigenvalue weighted by Gasteiger charge is -2.27. The summed E-state index contributed by atoms with van der Waals surface area (Å²) in [6.45, 7) is 0. The van der Waals surface area contributed by atoms with Crippen molar-refractivity contribution in [3.05, 3.63) is 180 Å². The van der Waals surface area contributed by atoms with Crippen LogP contribution >= 0.6 is 70.6 Å². The third-order valence-electron chi connectivity index (χ3n) is 8.20. The number of pyridine rings is 6. The van der Waals surface area contributed by atoms with Gasteiger partial charge < -0.3 is 0 Å². The Balaban J connectivity index is 1.42. The second-order valence-corrected chi connectivity index (χ2v) is 17.6. The van der Waals surface area contributed by atoms with E-state index in [9.17, 15) is 0 Å². The molecular formula is C42H36N6S6. The molecule has 0 fully saturated rings. The minimum atomic E-state index is 0.781. The summed E-state index contributed by atoms with van der Waals surface area (Å²) in [5.41, 5.74) is 8.15. The molecule has 6 nitrogen and oxygen atoms in total. The van der Waals surface area contributed by atoms with Gasteiger partial charge >= 0.3 is 0 Å². The summed E-state index contributed by atoms with van der Waals surface area (Å²) >= 11 is 10.8. The van der Waals surface area contributed by atoms with Crippen LogP contribution < -0.4 is 0 Å². The number of benzene rings is 1. The van der Waals surface area contributed by atoms with Crippen LogP contribution in [0.3, 0.4) is 0 Å². The van der Waals surface area contributed by atoms with Gasteiger partial charge in [0.1, 0.15) is 0 Å². The van der Waals surface area contributed by atoms with Crippen molar-refractivity contribution in [2.45, 2.75) is 64.7 Å². The van der Waals surface area contributed by atoms with Crippen molar-refractivity contribution >= 4 is 70.6 Å². The highest BCUT2D eigenvalue weighted by Gasteiger charge is 2.25. The smallest absolute Gasteiger partial charge is 0.0963 e. The second kappa shape index (κ2) is 20.8. The van der Waals surface area contributed by atoms with Crippen LogP contribution in [0.5, 0.6) is 0 Å². The molecule has 0 saturated carbocycles. The van der Waals surface area contributed by atoms with E-state index in [-0.39, 0.29) is 0 Å². The van der Waals surface area contributed by atoms with Gasteiger partial charge in [0.15, 0.2) is 0 Å². The summed E-state index contributed by atoms with van der Waals surface area (Å²) < 4.78 is 0. The predicted octanol–water partition coefficient (Wildman–Crippen LogP) is 11.8. The first-order valence-electron chi connectivity index (χ1n) is 17.2. The predicted molar refractivity (Wildman–Crippen MR) is 229 cm³/mol. The molecule has 12 heteroatoms. The summed E-state index contributed by atoms with van der Waals surface area (Å²) in [4.78, 5) is 28.3.